The van der Waals surface area contributed by atoms with Crippen molar-refractivity contribution in [1.29, 1.82) is 0 Å². The summed E-state index contributed by atoms with van der Waals surface area (Å²) >= 11 is 0. The van der Waals surface area contributed by atoms with Crippen LogP contribution in [0.25, 0.3) is 11.0 Å². The minimum absolute atomic E-state index is 0.191. The van der Waals surface area contributed by atoms with Gasteiger partial charge in [-0.05, 0) is 18.6 Å². The number of rotatable bonds is 5. The second-order valence-electron chi connectivity index (χ2n) is 3.69. The Morgan fingerprint density at radius 3 is 2.94 bits per heavy atom. The Hall–Kier alpha value is -1.39. The summed E-state index contributed by atoms with van der Waals surface area (Å²) in [6, 6.07) is 7.99. The molecule has 4 heteroatoms. The summed E-state index contributed by atoms with van der Waals surface area (Å²) in [5.41, 5.74) is 2.06. The third-order valence-corrected chi connectivity index (χ3v) is 2.55. The van der Waals surface area contributed by atoms with Crippen LogP contribution in [0.2, 0.25) is 0 Å². The van der Waals surface area contributed by atoms with E-state index in [1.807, 2.05) is 28.8 Å². The van der Waals surface area contributed by atoms with Crippen LogP contribution in [0.5, 0.6) is 0 Å². The maximum Gasteiger partial charge on any atom is 0.124 e. The molecule has 0 radical (unpaired) electrons. The van der Waals surface area contributed by atoms with E-state index in [0.29, 0.717) is 6.73 Å². The van der Waals surface area contributed by atoms with Crippen LogP contribution in [0, 0.1) is 0 Å². The van der Waals surface area contributed by atoms with Crippen LogP contribution in [-0.4, -0.2) is 28.4 Å². The molecule has 0 aliphatic rings. The molecule has 0 atom stereocenters. The number of nitrogens with zero attached hydrogens (tertiary/aromatic N) is 2. The standard InChI is InChI=1S/C12H16N2O2/c1-16-9-14-11-6-3-2-5-10(11)13-12(14)7-4-8-15/h2-3,5-6,15H,4,7-9H2,1H3. The normalized spacial score (nSPS) is 11.1. The first-order chi connectivity index (χ1) is 7.86. The van der Waals surface area contributed by atoms with Crippen LogP contribution in [0.4, 0.5) is 0 Å². The fourth-order valence-corrected chi connectivity index (χ4v) is 1.83. The molecule has 0 unspecified atom stereocenters. The van der Waals surface area contributed by atoms with Gasteiger partial charge in [0.25, 0.3) is 0 Å². The maximum atomic E-state index is 8.85. The van der Waals surface area contributed by atoms with Gasteiger partial charge >= 0.3 is 0 Å². The van der Waals surface area contributed by atoms with E-state index in [-0.39, 0.29) is 6.61 Å². The van der Waals surface area contributed by atoms with Gasteiger partial charge in [-0.1, -0.05) is 12.1 Å². The summed E-state index contributed by atoms with van der Waals surface area (Å²) in [6.45, 7) is 0.692. The molecule has 16 heavy (non-hydrogen) atoms. The summed E-state index contributed by atoms with van der Waals surface area (Å²) in [5, 5.41) is 8.85. The van der Waals surface area contributed by atoms with Gasteiger partial charge in [-0.25, -0.2) is 4.98 Å². The first-order valence-electron chi connectivity index (χ1n) is 5.40. The SMILES string of the molecule is COCn1c(CCCO)nc2ccccc21. The monoisotopic (exact) mass is 220 g/mol. The van der Waals surface area contributed by atoms with Crippen molar-refractivity contribution in [2.24, 2.45) is 0 Å². The quantitative estimate of drug-likeness (QED) is 0.832. The van der Waals surface area contributed by atoms with Crippen LogP contribution >= 0.6 is 0 Å². The van der Waals surface area contributed by atoms with E-state index in [1.54, 1.807) is 7.11 Å². The summed E-state index contributed by atoms with van der Waals surface area (Å²) < 4.78 is 7.22. The average molecular weight is 220 g/mol. The predicted molar refractivity (Wildman–Crippen MR) is 62.1 cm³/mol. The molecule has 0 fully saturated rings. The molecule has 0 saturated heterocycles. The molecule has 4 nitrogen and oxygen atoms in total. The summed E-state index contributed by atoms with van der Waals surface area (Å²) in [6.07, 6.45) is 1.50. The predicted octanol–water partition coefficient (Wildman–Crippen LogP) is 1.57. The second-order valence-corrected chi connectivity index (χ2v) is 3.69. The van der Waals surface area contributed by atoms with Gasteiger partial charge in [0.05, 0.1) is 11.0 Å². The molecule has 0 bridgehead atoms. The van der Waals surface area contributed by atoms with E-state index in [1.165, 1.54) is 0 Å². The van der Waals surface area contributed by atoms with Crippen molar-refractivity contribution in [3.63, 3.8) is 0 Å². The molecule has 1 aromatic heterocycles. The number of imidazole rings is 1. The zero-order chi connectivity index (χ0) is 11.4. The fourth-order valence-electron chi connectivity index (χ4n) is 1.83. The number of aromatic nitrogens is 2. The lowest BCUT2D eigenvalue weighted by Crippen LogP contribution is -2.06. The summed E-state index contributed by atoms with van der Waals surface area (Å²) in [7, 11) is 1.67. The van der Waals surface area contributed by atoms with Gasteiger partial charge in [0, 0.05) is 20.1 Å². The number of fused-ring (bicyclic) bond motifs is 1. The smallest absolute Gasteiger partial charge is 0.124 e. The number of methoxy groups -OCH3 is 1. The van der Waals surface area contributed by atoms with Gasteiger partial charge in [0.2, 0.25) is 0 Å². The number of hydrogen-bond donors (Lipinski definition) is 1. The van der Waals surface area contributed by atoms with Gasteiger partial charge in [0.1, 0.15) is 12.6 Å². The van der Waals surface area contributed by atoms with Gasteiger partial charge < -0.3 is 14.4 Å². The molecule has 1 heterocycles. The lowest BCUT2D eigenvalue weighted by molar-refractivity contribution is 0.131. The van der Waals surface area contributed by atoms with Crippen molar-refractivity contribution in [2.75, 3.05) is 13.7 Å². The van der Waals surface area contributed by atoms with Crippen molar-refractivity contribution in [2.45, 2.75) is 19.6 Å². The van der Waals surface area contributed by atoms with E-state index in [9.17, 15) is 0 Å². The number of aryl methyl sites for hydroxylation is 1. The highest BCUT2D eigenvalue weighted by Gasteiger charge is 2.08. The van der Waals surface area contributed by atoms with Crippen LogP contribution in [-0.2, 0) is 17.9 Å². The first kappa shape index (κ1) is 11.1. The summed E-state index contributed by atoms with van der Waals surface area (Å²) in [4.78, 5) is 4.54. The van der Waals surface area contributed by atoms with E-state index < -0.39 is 0 Å². The van der Waals surface area contributed by atoms with Crippen molar-refractivity contribution in [3.8, 4) is 0 Å². The molecule has 0 saturated carbocycles. The number of ether oxygens (including phenoxy) is 1. The Morgan fingerprint density at radius 1 is 1.38 bits per heavy atom. The molecule has 1 aromatic carbocycles. The van der Waals surface area contributed by atoms with Crippen LogP contribution in [0.15, 0.2) is 24.3 Å². The molecule has 0 spiro atoms. The molecule has 1 N–H and O–H groups in total. The van der Waals surface area contributed by atoms with Crippen molar-refractivity contribution in [1.82, 2.24) is 9.55 Å². The fraction of sp³-hybridized carbons (Fsp3) is 0.417. The number of benzene rings is 1. The number of aliphatic hydroxyl groups excluding tert-OH is 1. The molecule has 0 aliphatic carbocycles. The number of para-hydroxylation sites is 2. The third-order valence-electron chi connectivity index (χ3n) is 2.55. The zero-order valence-corrected chi connectivity index (χ0v) is 9.39. The zero-order valence-electron chi connectivity index (χ0n) is 9.39. The van der Waals surface area contributed by atoms with Crippen LogP contribution in [0.3, 0.4) is 0 Å². The van der Waals surface area contributed by atoms with Crippen molar-refractivity contribution in [3.05, 3.63) is 30.1 Å². The topological polar surface area (TPSA) is 47.3 Å². The van der Waals surface area contributed by atoms with Gasteiger partial charge in [0.15, 0.2) is 0 Å². The van der Waals surface area contributed by atoms with Crippen molar-refractivity contribution < 1.29 is 9.84 Å². The minimum Gasteiger partial charge on any atom is -0.396 e. The van der Waals surface area contributed by atoms with Gasteiger partial charge in [-0.15, -0.1) is 0 Å². The van der Waals surface area contributed by atoms with Gasteiger partial charge in [-0.3, -0.25) is 0 Å². The molecule has 2 rings (SSSR count). The number of aliphatic hydroxyl groups is 1. The van der Waals surface area contributed by atoms with Crippen LogP contribution in [0.1, 0.15) is 12.2 Å². The molecular formula is C12H16N2O2. The van der Waals surface area contributed by atoms with E-state index in [0.717, 1.165) is 29.7 Å². The highest BCUT2D eigenvalue weighted by atomic mass is 16.5. The molecule has 0 amide bonds. The van der Waals surface area contributed by atoms with Crippen LogP contribution < -0.4 is 0 Å². The average Bonchev–Trinajstić information content (AvgIpc) is 2.66. The maximum absolute atomic E-state index is 8.85. The van der Waals surface area contributed by atoms with Crippen molar-refractivity contribution >= 4 is 11.0 Å². The Balaban J connectivity index is 2.41. The van der Waals surface area contributed by atoms with E-state index in [2.05, 4.69) is 4.98 Å². The van der Waals surface area contributed by atoms with E-state index >= 15 is 0 Å². The Morgan fingerprint density at radius 2 is 2.19 bits per heavy atom. The van der Waals surface area contributed by atoms with E-state index in [4.69, 9.17) is 9.84 Å². The second kappa shape index (κ2) is 5.09. The number of hydrogen-bond acceptors (Lipinski definition) is 3. The molecular weight excluding hydrogens is 204 g/mol. The Kier molecular flexibility index (Phi) is 3.54. The lowest BCUT2D eigenvalue weighted by atomic mass is 10.3. The lowest BCUT2D eigenvalue weighted by Gasteiger charge is -2.06. The minimum atomic E-state index is 0.191. The first-order valence-corrected chi connectivity index (χ1v) is 5.40. The summed E-state index contributed by atoms with van der Waals surface area (Å²) in [5.74, 6) is 0.970. The largest absolute Gasteiger partial charge is 0.396 e. The molecule has 86 valence electrons. The van der Waals surface area contributed by atoms with Gasteiger partial charge in [-0.2, -0.15) is 0 Å². The third kappa shape index (κ3) is 2.08. The molecule has 2 aromatic rings. The Bertz CT molecular complexity index is 465. The Labute approximate surface area is 94.5 Å². The molecule has 0 aliphatic heterocycles. The highest BCUT2D eigenvalue weighted by molar-refractivity contribution is 5.75. The highest BCUT2D eigenvalue weighted by Crippen LogP contribution is 2.16.